The van der Waals surface area contributed by atoms with Crippen LogP contribution in [0.5, 0.6) is 0 Å². The van der Waals surface area contributed by atoms with Gasteiger partial charge in [0, 0.05) is 18.7 Å². The second-order valence-corrected chi connectivity index (χ2v) is 5.05. The summed E-state index contributed by atoms with van der Waals surface area (Å²) in [4.78, 5) is 38.6. The molecule has 0 aromatic rings. The molecule has 2 rings (SSSR count). The first-order chi connectivity index (χ1) is 8.45. The lowest BCUT2D eigenvalue weighted by Crippen LogP contribution is -2.59. The molecule has 0 aromatic heterocycles. The predicted molar refractivity (Wildman–Crippen MR) is 65.3 cm³/mol. The number of urea groups is 1. The van der Waals surface area contributed by atoms with Gasteiger partial charge in [-0.25, -0.2) is 9.69 Å². The largest absolute Gasteiger partial charge is 0.338 e. The fourth-order valence-corrected chi connectivity index (χ4v) is 2.63. The first-order valence-corrected chi connectivity index (χ1v) is 6.33. The van der Waals surface area contributed by atoms with Crippen molar-refractivity contribution in [1.82, 2.24) is 9.80 Å². The minimum Gasteiger partial charge on any atom is -0.274 e. The number of nitrogens with zero attached hydrogens (tertiary/aromatic N) is 2. The van der Waals surface area contributed by atoms with Gasteiger partial charge in [0.15, 0.2) is 0 Å². The molecule has 1 aliphatic carbocycles. The third-order valence-corrected chi connectivity index (χ3v) is 3.43. The molecule has 1 unspecified atom stereocenters. The topological polar surface area (TPSA) is 57.7 Å². The van der Waals surface area contributed by atoms with Gasteiger partial charge >= 0.3 is 6.03 Å². The number of carbonyl (C=O) groups is 3. The van der Waals surface area contributed by atoms with Gasteiger partial charge in [0.2, 0.25) is 11.8 Å². The number of rotatable bonds is 1. The van der Waals surface area contributed by atoms with Gasteiger partial charge in [-0.15, -0.1) is 0 Å². The summed E-state index contributed by atoms with van der Waals surface area (Å²) in [5.41, 5.74) is 0.584. The maximum Gasteiger partial charge on any atom is 0.338 e. The van der Waals surface area contributed by atoms with Gasteiger partial charge < -0.3 is 0 Å². The van der Waals surface area contributed by atoms with Crippen molar-refractivity contribution in [2.24, 2.45) is 5.92 Å². The minimum atomic E-state index is -0.507. The summed E-state index contributed by atoms with van der Waals surface area (Å²) < 4.78 is 0. The van der Waals surface area contributed by atoms with Crippen LogP contribution >= 0.6 is 0 Å². The SMILES string of the molecule is CC(=O)N1C(=O)N(C(C)C)C(=O)C2CCCC=C21. The van der Waals surface area contributed by atoms with Crippen molar-refractivity contribution in [1.29, 1.82) is 0 Å². The number of imide groups is 2. The van der Waals surface area contributed by atoms with Gasteiger partial charge in [-0.3, -0.25) is 14.5 Å². The molecule has 0 saturated carbocycles. The molecule has 0 bridgehead atoms. The van der Waals surface area contributed by atoms with Crippen molar-refractivity contribution < 1.29 is 14.4 Å². The van der Waals surface area contributed by atoms with Crippen LogP contribution in [0.15, 0.2) is 11.8 Å². The van der Waals surface area contributed by atoms with E-state index in [1.165, 1.54) is 11.8 Å². The second kappa shape index (κ2) is 4.55. The normalized spacial score (nSPS) is 24.2. The van der Waals surface area contributed by atoms with Crippen molar-refractivity contribution >= 4 is 17.8 Å². The number of hydrogen-bond donors (Lipinski definition) is 0. The van der Waals surface area contributed by atoms with E-state index < -0.39 is 6.03 Å². The van der Waals surface area contributed by atoms with Crippen LogP contribution in [0.3, 0.4) is 0 Å². The summed E-state index contributed by atoms with van der Waals surface area (Å²) in [5.74, 6) is -0.822. The quantitative estimate of drug-likeness (QED) is 0.714. The van der Waals surface area contributed by atoms with Crippen molar-refractivity contribution in [3.8, 4) is 0 Å². The molecule has 1 aliphatic heterocycles. The molecule has 98 valence electrons. The number of fused-ring (bicyclic) bond motifs is 1. The van der Waals surface area contributed by atoms with Crippen LogP contribution in [-0.4, -0.2) is 33.7 Å². The molecule has 5 heteroatoms. The van der Waals surface area contributed by atoms with Crippen LogP contribution < -0.4 is 0 Å². The van der Waals surface area contributed by atoms with E-state index in [9.17, 15) is 14.4 Å². The Labute approximate surface area is 106 Å². The van der Waals surface area contributed by atoms with Crippen LogP contribution in [-0.2, 0) is 9.59 Å². The molecule has 1 heterocycles. The lowest BCUT2D eigenvalue weighted by atomic mass is 9.88. The smallest absolute Gasteiger partial charge is 0.274 e. The fraction of sp³-hybridized carbons (Fsp3) is 0.615. The highest BCUT2D eigenvalue weighted by molar-refractivity contribution is 6.08. The predicted octanol–water partition coefficient (Wildman–Crippen LogP) is 1.89. The third-order valence-electron chi connectivity index (χ3n) is 3.43. The number of allylic oxidation sites excluding steroid dienone is 1. The van der Waals surface area contributed by atoms with E-state index in [1.807, 2.05) is 6.08 Å². The summed E-state index contributed by atoms with van der Waals surface area (Å²) in [6, 6.07) is -0.734. The molecule has 18 heavy (non-hydrogen) atoms. The first-order valence-electron chi connectivity index (χ1n) is 6.33. The molecule has 5 nitrogen and oxygen atoms in total. The summed E-state index contributed by atoms with van der Waals surface area (Å²) in [6.07, 6.45) is 4.30. The molecule has 0 radical (unpaired) electrons. The Balaban J connectivity index is 2.46. The summed E-state index contributed by atoms with van der Waals surface area (Å²) in [7, 11) is 0. The molecular formula is C13H18N2O3. The Morgan fingerprint density at radius 3 is 2.61 bits per heavy atom. The Bertz CT molecular complexity index is 440. The average molecular weight is 250 g/mol. The van der Waals surface area contributed by atoms with Crippen LogP contribution in [0.1, 0.15) is 40.0 Å². The Hall–Kier alpha value is -1.65. The van der Waals surface area contributed by atoms with E-state index in [4.69, 9.17) is 0 Å². The fourth-order valence-electron chi connectivity index (χ4n) is 2.63. The third kappa shape index (κ3) is 1.83. The standard InChI is InChI=1S/C13H18N2O3/c1-8(2)14-12(17)10-6-4-5-7-11(10)15(9(3)16)13(14)18/h7-8,10H,4-6H2,1-3H3. The Kier molecular flexibility index (Phi) is 3.24. The maximum atomic E-state index is 12.3. The maximum absolute atomic E-state index is 12.3. The lowest BCUT2D eigenvalue weighted by molar-refractivity contribution is -0.138. The molecular weight excluding hydrogens is 232 g/mol. The van der Waals surface area contributed by atoms with E-state index in [-0.39, 0.29) is 23.8 Å². The number of amides is 4. The summed E-state index contributed by atoms with van der Waals surface area (Å²) in [5, 5.41) is 0. The zero-order valence-corrected chi connectivity index (χ0v) is 11.0. The van der Waals surface area contributed by atoms with Gasteiger partial charge in [0.1, 0.15) is 0 Å². The monoisotopic (exact) mass is 250 g/mol. The molecule has 1 atom stereocenters. The highest BCUT2D eigenvalue weighted by Gasteiger charge is 2.45. The van der Waals surface area contributed by atoms with E-state index in [2.05, 4.69) is 0 Å². The van der Waals surface area contributed by atoms with Gasteiger partial charge in [-0.05, 0) is 33.1 Å². The van der Waals surface area contributed by atoms with Crippen LogP contribution in [0.25, 0.3) is 0 Å². The molecule has 4 amide bonds. The first kappa shape index (κ1) is 12.8. The van der Waals surface area contributed by atoms with Gasteiger partial charge in [0.05, 0.1) is 5.92 Å². The van der Waals surface area contributed by atoms with Gasteiger partial charge in [-0.2, -0.15) is 0 Å². The van der Waals surface area contributed by atoms with Gasteiger partial charge in [-0.1, -0.05) is 6.08 Å². The van der Waals surface area contributed by atoms with Crippen LogP contribution in [0.2, 0.25) is 0 Å². The minimum absolute atomic E-state index is 0.168. The van der Waals surface area contributed by atoms with Crippen molar-refractivity contribution in [2.45, 2.75) is 46.1 Å². The average Bonchev–Trinajstić information content (AvgIpc) is 2.28. The zero-order valence-electron chi connectivity index (χ0n) is 11.0. The highest BCUT2D eigenvalue weighted by atomic mass is 16.2. The van der Waals surface area contributed by atoms with Crippen molar-refractivity contribution in [3.05, 3.63) is 11.8 Å². The van der Waals surface area contributed by atoms with E-state index in [0.29, 0.717) is 12.1 Å². The Morgan fingerprint density at radius 1 is 1.39 bits per heavy atom. The molecule has 0 aromatic carbocycles. The van der Waals surface area contributed by atoms with Crippen LogP contribution in [0, 0.1) is 5.92 Å². The lowest BCUT2D eigenvalue weighted by Gasteiger charge is -2.42. The highest BCUT2D eigenvalue weighted by Crippen LogP contribution is 2.34. The van der Waals surface area contributed by atoms with Crippen molar-refractivity contribution in [2.75, 3.05) is 0 Å². The number of hydrogen-bond acceptors (Lipinski definition) is 3. The summed E-state index contributed by atoms with van der Waals surface area (Å²) in [6.45, 7) is 4.93. The molecule has 0 spiro atoms. The van der Waals surface area contributed by atoms with E-state index >= 15 is 0 Å². The van der Waals surface area contributed by atoms with E-state index in [0.717, 1.165) is 17.7 Å². The van der Waals surface area contributed by atoms with Crippen LogP contribution in [0.4, 0.5) is 4.79 Å². The molecule has 2 aliphatic rings. The summed E-state index contributed by atoms with van der Waals surface area (Å²) >= 11 is 0. The van der Waals surface area contributed by atoms with E-state index in [1.54, 1.807) is 13.8 Å². The second-order valence-electron chi connectivity index (χ2n) is 5.05. The number of carbonyl (C=O) groups excluding carboxylic acids is 3. The molecule has 0 N–H and O–H groups in total. The molecule has 1 saturated heterocycles. The molecule has 1 fully saturated rings. The Morgan fingerprint density at radius 2 is 2.06 bits per heavy atom. The van der Waals surface area contributed by atoms with Gasteiger partial charge in [0.25, 0.3) is 0 Å². The zero-order chi connectivity index (χ0) is 13.4. The van der Waals surface area contributed by atoms with Crippen molar-refractivity contribution in [3.63, 3.8) is 0 Å².